The van der Waals surface area contributed by atoms with Crippen molar-refractivity contribution in [2.45, 2.75) is 52.0 Å². The predicted octanol–water partition coefficient (Wildman–Crippen LogP) is 4.02. The lowest BCUT2D eigenvalue weighted by Gasteiger charge is -2.35. The fourth-order valence-electron chi connectivity index (χ4n) is 3.10. The second-order valence-electron chi connectivity index (χ2n) is 6.23. The van der Waals surface area contributed by atoms with Gasteiger partial charge in [0, 0.05) is 6.54 Å². The Balaban J connectivity index is 2.07. The molecule has 0 bridgehead atoms. The van der Waals surface area contributed by atoms with Crippen LogP contribution in [0.4, 0.5) is 0 Å². The van der Waals surface area contributed by atoms with Crippen LogP contribution in [0.1, 0.15) is 56.6 Å². The molecular weight excluding hydrogens is 222 g/mol. The van der Waals surface area contributed by atoms with Crippen molar-refractivity contribution in [2.75, 3.05) is 7.11 Å². The van der Waals surface area contributed by atoms with Gasteiger partial charge in [0.15, 0.2) is 0 Å². The third-order valence-electron chi connectivity index (χ3n) is 4.05. The highest BCUT2D eigenvalue weighted by molar-refractivity contribution is 5.27. The van der Waals surface area contributed by atoms with Crippen molar-refractivity contribution in [1.82, 2.24) is 5.48 Å². The van der Waals surface area contributed by atoms with Crippen LogP contribution in [0.5, 0.6) is 0 Å². The first-order chi connectivity index (χ1) is 8.61. The van der Waals surface area contributed by atoms with Crippen molar-refractivity contribution in [2.24, 2.45) is 5.41 Å². The lowest BCUT2D eigenvalue weighted by atomic mass is 9.70. The molecule has 0 radical (unpaired) electrons. The molecule has 1 atom stereocenters. The van der Waals surface area contributed by atoms with E-state index in [0.717, 1.165) is 12.5 Å². The Bertz CT molecular complexity index is 386. The Kier molecular flexibility index (Phi) is 4.41. The third-order valence-corrected chi connectivity index (χ3v) is 4.05. The summed E-state index contributed by atoms with van der Waals surface area (Å²) in [5.74, 6) is 0.733. The summed E-state index contributed by atoms with van der Waals surface area (Å²) < 4.78 is 0. The lowest BCUT2D eigenvalue weighted by molar-refractivity contribution is 0.0867. The first-order valence-corrected chi connectivity index (χ1v) is 6.95. The molecule has 1 fully saturated rings. The van der Waals surface area contributed by atoms with E-state index in [9.17, 15) is 0 Å². The van der Waals surface area contributed by atoms with E-state index < -0.39 is 0 Å². The average Bonchev–Trinajstić information content (AvgIpc) is 2.35. The lowest BCUT2D eigenvalue weighted by Crippen LogP contribution is -2.21. The van der Waals surface area contributed by atoms with Gasteiger partial charge in [0.05, 0.1) is 7.11 Å². The largest absolute Gasteiger partial charge is 0.305 e. The summed E-state index contributed by atoms with van der Waals surface area (Å²) in [7, 11) is 1.66. The Hall–Kier alpha value is -0.860. The van der Waals surface area contributed by atoms with Crippen molar-refractivity contribution in [1.29, 1.82) is 0 Å². The van der Waals surface area contributed by atoms with E-state index >= 15 is 0 Å². The smallest absolute Gasteiger partial charge is 0.0572 e. The molecule has 18 heavy (non-hydrogen) atoms. The minimum atomic E-state index is 0.504. The van der Waals surface area contributed by atoms with Crippen molar-refractivity contribution >= 4 is 0 Å². The molecule has 1 N–H and O–H groups in total. The molecule has 0 aromatic heterocycles. The van der Waals surface area contributed by atoms with Crippen LogP contribution in [-0.2, 0) is 11.4 Å². The van der Waals surface area contributed by atoms with Crippen LogP contribution < -0.4 is 5.48 Å². The zero-order valence-corrected chi connectivity index (χ0v) is 11.8. The SMILES string of the molecule is CONCc1cccc(C2CCCC(C)(C)C2)c1. The average molecular weight is 247 g/mol. The van der Waals surface area contributed by atoms with E-state index in [1.807, 2.05) is 0 Å². The van der Waals surface area contributed by atoms with Crippen molar-refractivity contribution < 1.29 is 4.84 Å². The minimum Gasteiger partial charge on any atom is -0.305 e. The minimum absolute atomic E-state index is 0.504. The molecule has 2 nitrogen and oxygen atoms in total. The molecule has 1 aromatic carbocycles. The molecule has 0 spiro atoms. The Labute approximate surface area is 111 Å². The Morgan fingerprint density at radius 1 is 1.39 bits per heavy atom. The zero-order chi connectivity index (χ0) is 13.0. The summed E-state index contributed by atoms with van der Waals surface area (Å²) >= 11 is 0. The van der Waals surface area contributed by atoms with Gasteiger partial charge in [-0.1, -0.05) is 44.5 Å². The van der Waals surface area contributed by atoms with E-state index in [2.05, 4.69) is 43.6 Å². The van der Waals surface area contributed by atoms with E-state index in [1.54, 1.807) is 7.11 Å². The predicted molar refractivity (Wildman–Crippen MR) is 75.3 cm³/mol. The van der Waals surface area contributed by atoms with Crippen LogP contribution in [0.25, 0.3) is 0 Å². The highest BCUT2D eigenvalue weighted by atomic mass is 16.6. The monoisotopic (exact) mass is 247 g/mol. The molecule has 0 aliphatic heterocycles. The van der Waals surface area contributed by atoms with Gasteiger partial charge in [0.25, 0.3) is 0 Å². The highest BCUT2D eigenvalue weighted by Crippen LogP contribution is 2.43. The van der Waals surface area contributed by atoms with Crippen LogP contribution in [0, 0.1) is 5.41 Å². The molecule has 1 aromatic rings. The topological polar surface area (TPSA) is 21.3 Å². The number of benzene rings is 1. The van der Waals surface area contributed by atoms with Crippen LogP contribution >= 0.6 is 0 Å². The zero-order valence-electron chi connectivity index (χ0n) is 11.8. The Morgan fingerprint density at radius 3 is 2.94 bits per heavy atom. The third kappa shape index (κ3) is 3.56. The van der Waals surface area contributed by atoms with Gasteiger partial charge in [-0.2, -0.15) is 5.48 Å². The summed E-state index contributed by atoms with van der Waals surface area (Å²) in [6, 6.07) is 8.94. The fourth-order valence-corrected chi connectivity index (χ4v) is 3.10. The number of hydroxylamine groups is 1. The molecule has 0 heterocycles. The summed E-state index contributed by atoms with van der Waals surface area (Å²) in [5.41, 5.74) is 6.22. The van der Waals surface area contributed by atoms with E-state index in [-0.39, 0.29) is 0 Å². The summed E-state index contributed by atoms with van der Waals surface area (Å²) in [5, 5.41) is 0. The van der Waals surface area contributed by atoms with Gasteiger partial charge in [-0.3, -0.25) is 0 Å². The summed E-state index contributed by atoms with van der Waals surface area (Å²) in [6.45, 7) is 5.57. The first kappa shape index (κ1) is 13.6. The fraction of sp³-hybridized carbons (Fsp3) is 0.625. The normalized spacial score (nSPS) is 22.9. The second kappa shape index (κ2) is 5.85. The second-order valence-corrected chi connectivity index (χ2v) is 6.23. The van der Waals surface area contributed by atoms with Crippen LogP contribution in [0.3, 0.4) is 0 Å². The molecule has 2 rings (SSSR count). The molecule has 0 amide bonds. The molecular formula is C16H25NO. The van der Waals surface area contributed by atoms with Gasteiger partial charge < -0.3 is 4.84 Å². The van der Waals surface area contributed by atoms with Crippen LogP contribution in [-0.4, -0.2) is 7.11 Å². The molecule has 0 saturated heterocycles. The molecule has 1 aliphatic carbocycles. The number of hydrogen-bond acceptors (Lipinski definition) is 2. The number of rotatable bonds is 4. The van der Waals surface area contributed by atoms with E-state index in [0.29, 0.717) is 5.41 Å². The molecule has 1 saturated carbocycles. The summed E-state index contributed by atoms with van der Waals surface area (Å²) in [6.07, 6.45) is 5.38. The molecule has 1 aliphatic rings. The molecule has 2 heteroatoms. The van der Waals surface area contributed by atoms with Gasteiger partial charge in [0.2, 0.25) is 0 Å². The van der Waals surface area contributed by atoms with E-state index in [1.165, 1.54) is 36.8 Å². The Morgan fingerprint density at radius 2 is 2.22 bits per heavy atom. The van der Waals surface area contributed by atoms with Crippen molar-refractivity contribution in [3.63, 3.8) is 0 Å². The maximum atomic E-state index is 4.91. The van der Waals surface area contributed by atoms with Crippen molar-refractivity contribution in [3.05, 3.63) is 35.4 Å². The van der Waals surface area contributed by atoms with Gasteiger partial charge in [-0.05, 0) is 41.7 Å². The van der Waals surface area contributed by atoms with Crippen molar-refractivity contribution in [3.8, 4) is 0 Å². The van der Waals surface area contributed by atoms with Gasteiger partial charge >= 0.3 is 0 Å². The van der Waals surface area contributed by atoms with Gasteiger partial charge in [-0.25, -0.2) is 0 Å². The quantitative estimate of drug-likeness (QED) is 0.811. The molecule has 1 unspecified atom stereocenters. The maximum absolute atomic E-state index is 4.91. The van der Waals surface area contributed by atoms with Gasteiger partial charge in [0.1, 0.15) is 0 Å². The molecule has 100 valence electrons. The first-order valence-electron chi connectivity index (χ1n) is 6.95. The standard InChI is InChI=1S/C16H25NO/c1-16(2)9-5-8-15(11-16)14-7-4-6-13(10-14)12-17-18-3/h4,6-7,10,15,17H,5,8-9,11-12H2,1-3H3. The summed E-state index contributed by atoms with van der Waals surface area (Å²) in [4.78, 5) is 4.91. The highest BCUT2D eigenvalue weighted by Gasteiger charge is 2.28. The van der Waals surface area contributed by atoms with Crippen LogP contribution in [0.2, 0.25) is 0 Å². The van der Waals surface area contributed by atoms with E-state index in [4.69, 9.17) is 4.84 Å². The van der Waals surface area contributed by atoms with Crippen LogP contribution in [0.15, 0.2) is 24.3 Å². The maximum Gasteiger partial charge on any atom is 0.0572 e. The number of hydrogen-bond donors (Lipinski definition) is 1. The van der Waals surface area contributed by atoms with Gasteiger partial charge in [-0.15, -0.1) is 0 Å². The number of nitrogens with one attached hydrogen (secondary N) is 1.